The van der Waals surface area contributed by atoms with E-state index in [1.165, 1.54) is 4.90 Å². The predicted octanol–water partition coefficient (Wildman–Crippen LogP) is 3.51. The fraction of sp³-hybridized carbons (Fsp3) is 0.263. The molecule has 134 valence electrons. The lowest BCUT2D eigenvalue weighted by Crippen LogP contribution is -2.23. The molecule has 0 radical (unpaired) electrons. The van der Waals surface area contributed by atoms with Crippen molar-refractivity contribution in [3.05, 3.63) is 53.6 Å². The summed E-state index contributed by atoms with van der Waals surface area (Å²) in [6, 6.07) is 13.6. The zero-order valence-electron chi connectivity index (χ0n) is 14.3. The summed E-state index contributed by atoms with van der Waals surface area (Å²) < 4.78 is 21.7. The average molecular weight is 354 g/mol. The summed E-state index contributed by atoms with van der Waals surface area (Å²) in [7, 11) is 1.62. The van der Waals surface area contributed by atoms with Gasteiger partial charge in [-0.3, -0.25) is 4.90 Å². The van der Waals surface area contributed by atoms with E-state index in [1.807, 2.05) is 36.4 Å². The number of aromatic nitrogens is 1. The second-order valence-electron chi connectivity index (χ2n) is 5.94. The quantitative estimate of drug-likeness (QED) is 0.674. The number of carbonyl (C=O) groups excluding carboxylic acids is 1. The Morgan fingerprint density at radius 2 is 2.04 bits per heavy atom. The van der Waals surface area contributed by atoms with Gasteiger partial charge in [-0.05, 0) is 11.6 Å². The highest BCUT2D eigenvalue weighted by Gasteiger charge is 2.28. The summed E-state index contributed by atoms with van der Waals surface area (Å²) in [4.78, 5) is 13.3. The van der Waals surface area contributed by atoms with E-state index in [4.69, 9.17) is 18.7 Å². The zero-order valence-corrected chi connectivity index (χ0v) is 14.3. The summed E-state index contributed by atoms with van der Waals surface area (Å²) in [5, 5.41) is 4.77. The van der Waals surface area contributed by atoms with Gasteiger partial charge in [-0.15, -0.1) is 0 Å². The Bertz CT molecular complexity index is 922. The molecule has 0 atom stereocenters. The Morgan fingerprint density at radius 1 is 1.19 bits per heavy atom. The number of methoxy groups -OCH3 is 1. The van der Waals surface area contributed by atoms with Gasteiger partial charge in [-0.25, -0.2) is 4.79 Å². The number of hydrogen-bond acceptors (Lipinski definition) is 6. The smallest absolute Gasteiger partial charge is 0.415 e. The van der Waals surface area contributed by atoms with E-state index in [9.17, 15) is 4.79 Å². The summed E-state index contributed by atoms with van der Waals surface area (Å²) in [5.74, 6) is 1.12. The molecule has 0 spiro atoms. The van der Waals surface area contributed by atoms with Crippen LogP contribution in [0.4, 0.5) is 10.6 Å². The van der Waals surface area contributed by atoms with Crippen LogP contribution in [0, 0.1) is 0 Å². The van der Waals surface area contributed by atoms with Gasteiger partial charge >= 0.3 is 6.09 Å². The lowest BCUT2D eigenvalue weighted by molar-refractivity contribution is 0.179. The number of nitrogens with zero attached hydrogens (tertiary/aromatic N) is 2. The minimum Gasteiger partial charge on any atom is -0.488 e. The lowest BCUT2D eigenvalue weighted by Gasteiger charge is -2.12. The topological polar surface area (TPSA) is 74.0 Å². The molecule has 3 aromatic rings. The molecule has 0 aliphatic carbocycles. The highest BCUT2D eigenvalue weighted by atomic mass is 16.6. The number of ether oxygens (including phenoxy) is 3. The third-order valence-electron chi connectivity index (χ3n) is 4.19. The minimum atomic E-state index is -0.419. The Labute approximate surface area is 150 Å². The largest absolute Gasteiger partial charge is 0.488 e. The summed E-state index contributed by atoms with van der Waals surface area (Å²) in [5.41, 5.74) is 2.46. The van der Waals surface area contributed by atoms with Gasteiger partial charge in [0, 0.05) is 18.7 Å². The van der Waals surface area contributed by atoms with Crippen LogP contribution in [-0.2, 0) is 22.7 Å². The summed E-state index contributed by atoms with van der Waals surface area (Å²) in [6.45, 7) is 1.60. The number of amides is 1. The molecule has 1 saturated heterocycles. The van der Waals surface area contributed by atoms with Crippen molar-refractivity contribution in [2.45, 2.75) is 13.2 Å². The van der Waals surface area contributed by atoms with E-state index >= 15 is 0 Å². The minimum absolute atomic E-state index is 0.344. The molecule has 0 bridgehead atoms. The van der Waals surface area contributed by atoms with E-state index in [-0.39, 0.29) is 0 Å². The van der Waals surface area contributed by atoms with Crippen molar-refractivity contribution in [2.75, 3.05) is 25.2 Å². The first-order valence-electron chi connectivity index (χ1n) is 8.28. The number of cyclic esters (lactones) is 1. The SMILES string of the molecule is COCc1cc2c(N3CCOC3=O)noc2cc1OCc1ccccc1. The number of rotatable bonds is 6. The van der Waals surface area contributed by atoms with Crippen LogP contribution in [0.1, 0.15) is 11.1 Å². The van der Waals surface area contributed by atoms with Gasteiger partial charge in [0.25, 0.3) is 0 Å². The highest BCUT2D eigenvalue weighted by molar-refractivity contribution is 5.99. The molecular formula is C19H18N2O5. The molecular weight excluding hydrogens is 336 g/mol. The van der Waals surface area contributed by atoms with Crippen molar-refractivity contribution >= 4 is 22.9 Å². The number of hydrogen-bond donors (Lipinski definition) is 0. The number of anilines is 1. The Hall–Kier alpha value is -3.06. The highest BCUT2D eigenvalue weighted by Crippen LogP contribution is 2.34. The first kappa shape index (κ1) is 16.4. The van der Waals surface area contributed by atoms with E-state index in [2.05, 4.69) is 5.16 Å². The van der Waals surface area contributed by atoms with Gasteiger partial charge in [0.1, 0.15) is 19.0 Å². The Morgan fingerprint density at radius 3 is 2.77 bits per heavy atom. The molecule has 26 heavy (non-hydrogen) atoms. The molecule has 7 heteroatoms. The molecule has 4 rings (SSSR count). The van der Waals surface area contributed by atoms with Crippen LogP contribution in [0.25, 0.3) is 11.0 Å². The molecule has 1 aliphatic rings. The van der Waals surface area contributed by atoms with E-state index < -0.39 is 6.09 Å². The van der Waals surface area contributed by atoms with Gasteiger partial charge < -0.3 is 18.7 Å². The maximum absolute atomic E-state index is 11.8. The molecule has 2 heterocycles. The van der Waals surface area contributed by atoms with Crippen LogP contribution in [0.3, 0.4) is 0 Å². The van der Waals surface area contributed by atoms with Crippen molar-refractivity contribution in [2.24, 2.45) is 0 Å². The molecule has 2 aromatic carbocycles. The van der Waals surface area contributed by atoms with Gasteiger partial charge in [-0.1, -0.05) is 35.5 Å². The fourth-order valence-electron chi connectivity index (χ4n) is 2.92. The molecule has 1 fully saturated rings. The van der Waals surface area contributed by atoms with Gasteiger partial charge in [-0.2, -0.15) is 0 Å². The van der Waals surface area contributed by atoms with Crippen LogP contribution in [0.5, 0.6) is 5.75 Å². The standard InChI is InChI=1S/C19H18N2O5/c1-23-12-14-9-15-17(26-20-18(15)21-7-8-24-19(21)22)10-16(14)25-11-13-5-3-2-4-6-13/h2-6,9-10H,7-8,11-12H2,1H3. The Kier molecular flexibility index (Phi) is 4.45. The van der Waals surface area contributed by atoms with Crippen molar-refractivity contribution < 1.29 is 23.5 Å². The molecule has 7 nitrogen and oxygen atoms in total. The second kappa shape index (κ2) is 7.05. The first-order valence-corrected chi connectivity index (χ1v) is 8.28. The van der Waals surface area contributed by atoms with Crippen molar-refractivity contribution in [3.63, 3.8) is 0 Å². The van der Waals surface area contributed by atoms with Crippen LogP contribution >= 0.6 is 0 Å². The zero-order chi connectivity index (χ0) is 17.9. The average Bonchev–Trinajstić information content (AvgIpc) is 3.26. The van der Waals surface area contributed by atoms with E-state index in [0.717, 1.165) is 16.5 Å². The van der Waals surface area contributed by atoms with Crippen LogP contribution in [0.15, 0.2) is 47.0 Å². The van der Waals surface area contributed by atoms with Crippen molar-refractivity contribution in [1.82, 2.24) is 5.16 Å². The van der Waals surface area contributed by atoms with Crippen molar-refractivity contribution in [1.29, 1.82) is 0 Å². The van der Waals surface area contributed by atoms with Gasteiger partial charge in [0.15, 0.2) is 11.4 Å². The summed E-state index contributed by atoms with van der Waals surface area (Å²) in [6.07, 6.45) is -0.419. The number of benzene rings is 2. The number of carbonyl (C=O) groups is 1. The number of fused-ring (bicyclic) bond motifs is 1. The maximum atomic E-state index is 11.8. The van der Waals surface area contributed by atoms with E-state index in [0.29, 0.717) is 43.5 Å². The maximum Gasteiger partial charge on any atom is 0.415 e. The summed E-state index contributed by atoms with van der Waals surface area (Å²) >= 11 is 0. The van der Waals surface area contributed by atoms with Crippen LogP contribution in [-0.4, -0.2) is 31.5 Å². The van der Waals surface area contributed by atoms with E-state index in [1.54, 1.807) is 13.2 Å². The molecule has 1 amide bonds. The van der Waals surface area contributed by atoms with Crippen molar-refractivity contribution in [3.8, 4) is 5.75 Å². The third-order valence-corrected chi connectivity index (χ3v) is 4.19. The van der Waals surface area contributed by atoms with Gasteiger partial charge in [0.2, 0.25) is 0 Å². The first-order chi connectivity index (χ1) is 12.8. The van der Waals surface area contributed by atoms with Crippen LogP contribution in [0.2, 0.25) is 0 Å². The normalized spacial score (nSPS) is 14.0. The fourth-order valence-corrected chi connectivity index (χ4v) is 2.92. The third kappa shape index (κ3) is 3.09. The van der Waals surface area contributed by atoms with Gasteiger partial charge in [0.05, 0.1) is 18.5 Å². The lowest BCUT2D eigenvalue weighted by atomic mass is 10.1. The van der Waals surface area contributed by atoms with Crippen LogP contribution < -0.4 is 9.64 Å². The molecule has 0 unspecified atom stereocenters. The predicted molar refractivity (Wildman–Crippen MR) is 94.2 cm³/mol. The monoisotopic (exact) mass is 354 g/mol. The second-order valence-corrected chi connectivity index (χ2v) is 5.94. The molecule has 0 N–H and O–H groups in total. The molecule has 1 aliphatic heterocycles. The molecule has 1 aromatic heterocycles. The molecule has 0 saturated carbocycles. The Balaban J connectivity index is 1.67.